The Balaban J connectivity index is 3.17. The third kappa shape index (κ3) is 7.09. The molecule has 0 aromatic heterocycles. The smallest absolute Gasteiger partial charge is 0.221 e. The molecule has 1 aromatic carbocycles. The van der Waals surface area contributed by atoms with Gasteiger partial charge in [0.2, 0.25) is 5.91 Å². The van der Waals surface area contributed by atoms with E-state index in [1.165, 1.54) is 11.1 Å². The molecule has 0 saturated carbocycles. The Morgan fingerprint density at radius 2 is 1.56 bits per heavy atom. The maximum atomic E-state index is 12.5. The summed E-state index contributed by atoms with van der Waals surface area (Å²) >= 11 is 0. The van der Waals surface area contributed by atoms with Gasteiger partial charge < -0.3 is 10.1 Å². The van der Waals surface area contributed by atoms with Crippen molar-refractivity contribution in [2.24, 2.45) is 5.41 Å². The van der Waals surface area contributed by atoms with Gasteiger partial charge in [-0.15, -0.1) is 0 Å². The molecule has 0 fully saturated rings. The second kappa shape index (κ2) is 7.39. The first-order chi connectivity index (χ1) is 11.1. The first-order valence-electron chi connectivity index (χ1n) is 9.16. The molecule has 0 bridgehead atoms. The summed E-state index contributed by atoms with van der Waals surface area (Å²) in [4.78, 5) is 12.5. The van der Waals surface area contributed by atoms with Crippen LogP contribution >= 0.6 is 0 Å². The van der Waals surface area contributed by atoms with E-state index in [0.717, 1.165) is 11.3 Å². The zero-order valence-electron chi connectivity index (χ0n) is 17.9. The lowest BCUT2D eigenvalue weighted by Gasteiger charge is -2.32. The highest BCUT2D eigenvalue weighted by Gasteiger charge is 2.31. The Labute approximate surface area is 154 Å². The summed E-state index contributed by atoms with van der Waals surface area (Å²) in [7, 11) is 0. The number of ether oxygens (including phenoxy) is 1. The molecule has 0 saturated heterocycles. The van der Waals surface area contributed by atoms with E-state index in [0.29, 0.717) is 13.0 Å². The van der Waals surface area contributed by atoms with Crippen molar-refractivity contribution in [1.29, 1.82) is 0 Å². The predicted octanol–water partition coefficient (Wildman–Crippen LogP) is 5.31. The Bertz CT molecular complexity index is 616. The van der Waals surface area contributed by atoms with Gasteiger partial charge in [-0.1, -0.05) is 40.7 Å². The summed E-state index contributed by atoms with van der Waals surface area (Å²) < 4.78 is 6.20. The average molecular weight is 348 g/mol. The van der Waals surface area contributed by atoms with Crippen molar-refractivity contribution in [3.05, 3.63) is 28.8 Å². The summed E-state index contributed by atoms with van der Waals surface area (Å²) in [6.45, 7) is 21.6. The predicted molar refractivity (Wildman–Crippen MR) is 106 cm³/mol. The van der Waals surface area contributed by atoms with Gasteiger partial charge in [0, 0.05) is 22.9 Å². The van der Waals surface area contributed by atoms with E-state index in [1.807, 2.05) is 20.8 Å². The minimum Gasteiger partial charge on any atom is -0.493 e. The number of hydrogen-bond acceptors (Lipinski definition) is 2. The van der Waals surface area contributed by atoms with Crippen molar-refractivity contribution in [3.63, 3.8) is 0 Å². The van der Waals surface area contributed by atoms with E-state index in [4.69, 9.17) is 4.74 Å². The minimum atomic E-state index is -0.305. The van der Waals surface area contributed by atoms with Crippen LogP contribution in [-0.2, 0) is 10.2 Å². The highest BCUT2D eigenvalue weighted by Crippen LogP contribution is 2.38. The van der Waals surface area contributed by atoms with Crippen molar-refractivity contribution < 1.29 is 9.53 Å². The van der Waals surface area contributed by atoms with Gasteiger partial charge in [-0.05, 0) is 57.2 Å². The number of benzene rings is 1. The van der Waals surface area contributed by atoms with Crippen molar-refractivity contribution in [1.82, 2.24) is 5.32 Å². The third-order valence-electron chi connectivity index (χ3n) is 3.90. The lowest BCUT2D eigenvalue weighted by atomic mass is 9.77. The Morgan fingerprint density at radius 1 is 1.00 bits per heavy atom. The van der Waals surface area contributed by atoms with Crippen LogP contribution in [0.4, 0.5) is 0 Å². The molecule has 142 valence electrons. The maximum Gasteiger partial charge on any atom is 0.221 e. The van der Waals surface area contributed by atoms with Gasteiger partial charge >= 0.3 is 0 Å². The molecule has 0 unspecified atom stereocenters. The number of nitrogens with one attached hydrogen (secondary N) is 1. The normalized spacial score (nSPS) is 12.9. The summed E-state index contributed by atoms with van der Waals surface area (Å²) in [5, 5.41) is 3.07. The monoisotopic (exact) mass is 347 g/mol. The van der Waals surface area contributed by atoms with Crippen LogP contribution < -0.4 is 10.1 Å². The molecule has 0 aliphatic heterocycles. The molecule has 3 heteroatoms. The SMILES string of the molecule is Cc1cc(C)c(C(C)(C)CC(=O)NC(C)(C)C)c(OCC(C)(C)C)c1. The largest absolute Gasteiger partial charge is 0.493 e. The average Bonchev–Trinajstić information content (AvgIpc) is 2.30. The fraction of sp³-hybridized carbons (Fsp3) is 0.682. The highest BCUT2D eigenvalue weighted by molar-refractivity contribution is 5.78. The van der Waals surface area contributed by atoms with Gasteiger partial charge in [-0.25, -0.2) is 0 Å². The summed E-state index contributed by atoms with van der Waals surface area (Å²) in [6, 6.07) is 4.26. The maximum absolute atomic E-state index is 12.5. The van der Waals surface area contributed by atoms with Crippen LogP contribution in [0.15, 0.2) is 12.1 Å². The molecule has 1 aromatic rings. The summed E-state index contributed by atoms with van der Waals surface area (Å²) in [6.07, 6.45) is 0.431. The van der Waals surface area contributed by atoms with E-state index in [1.54, 1.807) is 0 Å². The van der Waals surface area contributed by atoms with Crippen molar-refractivity contribution in [3.8, 4) is 5.75 Å². The number of aryl methyl sites for hydroxylation is 2. The molecule has 25 heavy (non-hydrogen) atoms. The van der Waals surface area contributed by atoms with Crippen molar-refractivity contribution in [2.45, 2.75) is 86.6 Å². The molecular formula is C22H37NO2. The summed E-state index contributed by atoms with van der Waals surface area (Å²) in [5.41, 5.74) is 3.05. The van der Waals surface area contributed by atoms with Crippen molar-refractivity contribution >= 4 is 5.91 Å². The van der Waals surface area contributed by atoms with Crippen LogP contribution in [0.2, 0.25) is 0 Å². The number of carbonyl (C=O) groups is 1. The van der Waals surface area contributed by atoms with E-state index in [9.17, 15) is 4.79 Å². The lowest BCUT2D eigenvalue weighted by molar-refractivity contribution is -0.123. The molecule has 0 spiro atoms. The Morgan fingerprint density at radius 3 is 2.04 bits per heavy atom. The van der Waals surface area contributed by atoms with E-state index in [2.05, 4.69) is 65.9 Å². The van der Waals surface area contributed by atoms with Crippen LogP contribution in [0.5, 0.6) is 5.75 Å². The molecule has 0 aliphatic carbocycles. The number of rotatable bonds is 5. The topological polar surface area (TPSA) is 38.3 Å². The Hall–Kier alpha value is -1.51. The van der Waals surface area contributed by atoms with Crippen molar-refractivity contribution in [2.75, 3.05) is 6.61 Å². The molecule has 0 heterocycles. The molecule has 0 atom stereocenters. The standard InChI is InChI=1S/C22H37NO2/c1-15-11-16(2)19(17(12-15)25-14-20(3,4)5)22(9,10)13-18(24)23-21(6,7)8/h11-12H,13-14H2,1-10H3,(H,23,24). The van der Waals surface area contributed by atoms with Gasteiger partial charge in [0.1, 0.15) is 5.75 Å². The summed E-state index contributed by atoms with van der Waals surface area (Å²) in [5.74, 6) is 0.972. The molecule has 1 amide bonds. The van der Waals surface area contributed by atoms with E-state index in [-0.39, 0.29) is 22.3 Å². The molecular weight excluding hydrogens is 310 g/mol. The van der Waals surface area contributed by atoms with Gasteiger partial charge in [-0.2, -0.15) is 0 Å². The molecule has 1 N–H and O–H groups in total. The first kappa shape index (κ1) is 21.5. The first-order valence-corrected chi connectivity index (χ1v) is 9.16. The molecule has 1 rings (SSSR count). The second-order valence-electron chi connectivity index (χ2n) is 10.2. The molecule has 3 nitrogen and oxygen atoms in total. The Kier molecular flexibility index (Phi) is 6.36. The van der Waals surface area contributed by atoms with Crippen LogP contribution in [0, 0.1) is 19.3 Å². The van der Waals surface area contributed by atoms with Crippen LogP contribution in [0.3, 0.4) is 0 Å². The highest BCUT2D eigenvalue weighted by atomic mass is 16.5. The third-order valence-corrected chi connectivity index (χ3v) is 3.90. The number of amides is 1. The van der Waals surface area contributed by atoms with Gasteiger partial charge in [0.05, 0.1) is 6.61 Å². The van der Waals surface area contributed by atoms with Crippen LogP contribution in [0.1, 0.15) is 78.5 Å². The fourth-order valence-corrected chi connectivity index (χ4v) is 3.16. The number of hydrogen-bond donors (Lipinski definition) is 1. The van der Waals surface area contributed by atoms with Gasteiger partial charge in [0.15, 0.2) is 0 Å². The van der Waals surface area contributed by atoms with Crippen LogP contribution in [-0.4, -0.2) is 18.1 Å². The molecule has 0 aliphatic rings. The van der Waals surface area contributed by atoms with Crippen LogP contribution in [0.25, 0.3) is 0 Å². The fourth-order valence-electron chi connectivity index (χ4n) is 3.16. The van der Waals surface area contributed by atoms with Gasteiger partial charge in [0.25, 0.3) is 0 Å². The second-order valence-corrected chi connectivity index (χ2v) is 10.2. The van der Waals surface area contributed by atoms with Gasteiger partial charge in [-0.3, -0.25) is 4.79 Å². The quantitative estimate of drug-likeness (QED) is 0.784. The zero-order valence-corrected chi connectivity index (χ0v) is 17.9. The molecule has 0 radical (unpaired) electrons. The van der Waals surface area contributed by atoms with E-state index >= 15 is 0 Å². The van der Waals surface area contributed by atoms with E-state index < -0.39 is 0 Å². The lowest BCUT2D eigenvalue weighted by Crippen LogP contribution is -2.43. The zero-order chi connectivity index (χ0) is 19.6. The minimum absolute atomic E-state index is 0.0687. The number of carbonyl (C=O) groups excluding carboxylic acids is 1.